The third-order valence-electron chi connectivity index (χ3n) is 2.84. The van der Waals surface area contributed by atoms with E-state index in [0.29, 0.717) is 11.4 Å². The standard InChI is InChI=1S/C15H15NO3S/c1-3-16-14(17)13(20-15(16)18)6-4-5-11-7-9-12(19-2)10-8-11/h4-10H,3H2,1-2H3/b5-4+,13-6+. The first-order chi connectivity index (χ1) is 9.65. The topological polar surface area (TPSA) is 46.6 Å². The first-order valence-corrected chi connectivity index (χ1v) is 7.03. The van der Waals surface area contributed by atoms with Crippen molar-refractivity contribution >= 4 is 29.0 Å². The minimum absolute atomic E-state index is 0.207. The molecule has 1 heterocycles. The number of likely N-dealkylation sites (N-methyl/N-ethyl adjacent to an activating group) is 1. The van der Waals surface area contributed by atoms with E-state index in [1.165, 1.54) is 4.90 Å². The molecule has 2 amide bonds. The molecule has 1 aromatic carbocycles. The number of allylic oxidation sites excluding steroid dienone is 2. The highest BCUT2D eigenvalue weighted by Gasteiger charge is 2.33. The summed E-state index contributed by atoms with van der Waals surface area (Å²) in [5.74, 6) is 0.577. The molecule has 0 radical (unpaired) electrons. The number of hydrogen-bond acceptors (Lipinski definition) is 4. The van der Waals surface area contributed by atoms with Gasteiger partial charge in [-0.1, -0.05) is 24.3 Å². The van der Waals surface area contributed by atoms with Crippen molar-refractivity contribution in [2.45, 2.75) is 6.92 Å². The molecule has 20 heavy (non-hydrogen) atoms. The quantitative estimate of drug-likeness (QED) is 0.798. The SMILES string of the molecule is CCN1C(=O)S/C(=C/C=C/c2ccc(OC)cc2)C1=O. The fourth-order valence-electron chi connectivity index (χ4n) is 1.75. The Bertz CT molecular complexity index is 575. The number of nitrogens with zero attached hydrogens (tertiary/aromatic N) is 1. The third-order valence-corrected chi connectivity index (χ3v) is 3.77. The fourth-order valence-corrected chi connectivity index (χ4v) is 2.60. The minimum atomic E-state index is -0.220. The van der Waals surface area contributed by atoms with Gasteiger partial charge in [-0.2, -0.15) is 0 Å². The van der Waals surface area contributed by atoms with Crippen LogP contribution in [0.5, 0.6) is 5.75 Å². The van der Waals surface area contributed by atoms with E-state index in [1.807, 2.05) is 30.3 Å². The number of hydrogen-bond donors (Lipinski definition) is 0. The predicted octanol–water partition coefficient (Wildman–Crippen LogP) is 3.31. The van der Waals surface area contributed by atoms with E-state index in [1.54, 1.807) is 26.2 Å². The second-order valence-corrected chi connectivity index (χ2v) is 5.07. The molecule has 0 aliphatic carbocycles. The zero-order valence-corrected chi connectivity index (χ0v) is 12.1. The summed E-state index contributed by atoms with van der Waals surface area (Å²) in [6, 6.07) is 7.57. The van der Waals surface area contributed by atoms with Crippen molar-refractivity contribution in [1.82, 2.24) is 4.90 Å². The molecular formula is C15H15NO3S. The van der Waals surface area contributed by atoms with Crippen LogP contribution in [0.1, 0.15) is 12.5 Å². The van der Waals surface area contributed by atoms with Crippen LogP contribution < -0.4 is 4.74 Å². The summed E-state index contributed by atoms with van der Waals surface area (Å²) in [7, 11) is 1.62. The smallest absolute Gasteiger partial charge is 0.293 e. The average molecular weight is 289 g/mol. The lowest BCUT2D eigenvalue weighted by Gasteiger charge is -2.06. The molecule has 2 rings (SSSR count). The van der Waals surface area contributed by atoms with Crippen LogP contribution in [0, 0.1) is 0 Å². The van der Waals surface area contributed by atoms with E-state index in [4.69, 9.17) is 4.74 Å². The molecule has 1 saturated heterocycles. The lowest BCUT2D eigenvalue weighted by Crippen LogP contribution is -2.27. The molecule has 5 heteroatoms. The van der Waals surface area contributed by atoms with Gasteiger partial charge in [0.25, 0.3) is 11.1 Å². The van der Waals surface area contributed by atoms with Crippen molar-refractivity contribution in [1.29, 1.82) is 0 Å². The highest BCUT2D eigenvalue weighted by atomic mass is 32.2. The van der Waals surface area contributed by atoms with Gasteiger partial charge in [-0.05, 0) is 42.5 Å². The van der Waals surface area contributed by atoms with E-state index in [-0.39, 0.29) is 11.1 Å². The van der Waals surface area contributed by atoms with Crippen LogP contribution in [-0.2, 0) is 4.79 Å². The molecule has 0 aromatic heterocycles. The molecule has 0 atom stereocenters. The third kappa shape index (κ3) is 3.11. The van der Waals surface area contributed by atoms with Crippen LogP contribution in [0.2, 0.25) is 0 Å². The summed E-state index contributed by atoms with van der Waals surface area (Å²) in [5, 5.41) is -0.207. The number of imide groups is 1. The lowest BCUT2D eigenvalue weighted by molar-refractivity contribution is -0.122. The Labute approximate surface area is 122 Å². The van der Waals surface area contributed by atoms with Crippen LogP contribution in [-0.4, -0.2) is 29.7 Å². The van der Waals surface area contributed by atoms with Crippen LogP contribution in [0.25, 0.3) is 6.08 Å². The van der Waals surface area contributed by atoms with Crippen LogP contribution in [0.15, 0.2) is 41.3 Å². The number of carbonyl (C=O) groups is 2. The molecule has 1 aliphatic heterocycles. The Morgan fingerprint density at radius 1 is 1.25 bits per heavy atom. The Morgan fingerprint density at radius 2 is 1.95 bits per heavy atom. The number of thioether (sulfide) groups is 1. The minimum Gasteiger partial charge on any atom is -0.497 e. The van der Waals surface area contributed by atoms with Gasteiger partial charge in [-0.3, -0.25) is 14.5 Å². The van der Waals surface area contributed by atoms with Crippen LogP contribution in [0.3, 0.4) is 0 Å². The highest BCUT2D eigenvalue weighted by Crippen LogP contribution is 2.30. The Hall–Kier alpha value is -2.01. The lowest BCUT2D eigenvalue weighted by atomic mass is 10.2. The maximum atomic E-state index is 11.8. The van der Waals surface area contributed by atoms with Crippen molar-refractivity contribution in [2.75, 3.05) is 13.7 Å². The Kier molecular flexibility index (Phi) is 4.63. The molecule has 0 N–H and O–H groups in total. The van der Waals surface area contributed by atoms with E-state index in [2.05, 4.69) is 0 Å². The van der Waals surface area contributed by atoms with Crippen molar-refractivity contribution in [3.8, 4) is 5.75 Å². The number of benzene rings is 1. The van der Waals surface area contributed by atoms with Crippen LogP contribution >= 0.6 is 11.8 Å². The highest BCUT2D eigenvalue weighted by molar-refractivity contribution is 8.18. The second-order valence-electron chi connectivity index (χ2n) is 4.08. The molecule has 0 bridgehead atoms. The number of ether oxygens (including phenoxy) is 1. The number of carbonyl (C=O) groups excluding carboxylic acids is 2. The molecule has 0 spiro atoms. The Morgan fingerprint density at radius 3 is 2.50 bits per heavy atom. The van der Waals surface area contributed by atoms with E-state index in [0.717, 1.165) is 23.1 Å². The van der Waals surface area contributed by atoms with Gasteiger partial charge in [-0.25, -0.2) is 0 Å². The molecular weight excluding hydrogens is 274 g/mol. The summed E-state index contributed by atoms with van der Waals surface area (Å²) in [6.07, 6.45) is 5.32. The molecule has 1 aromatic rings. The van der Waals surface area contributed by atoms with E-state index in [9.17, 15) is 9.59 Å². The predicted molar refractivity (Wildman–Crippen MR) is 80.5 cm³/mol. The zero-order chi connectivity index (χ0) is 14.5. The first kappa shape index (κ1) is 14.4. The van der Waals surface area contributed by atoms with Gasteiger partial charge in [0.2, 0.25) is 0 Å². The molecule has 4 nitrogen and oxygen atoms in total. The summed E-state index contributed by atoms with van der Waals surface area (Å²) in [4.78, 5) is 25.1. The second kappa shape index (κ2) is 6.43. The first-order valence-electron chi connectivity index (χ1n) is 6.21. The van der Waals surface area contributed by atoms with Gasteiger partial charge < -0.3 is 4.74 Å². The Balaban J connectivity index is 2.07. The maximum Gasteiger partial charge on any atom is 0.293 e. The molecule has 1 fully saturated rings. The van der Waals surface area contributed by atoms with Gasteiger partial charge in [0, 0.05) is 6.54 Å². The van der Waals surface area contributed by atoms with Gasteiger partial charge in [0.1, 0.15) is 5.75 Å². The van der Waals surface area contributed by atoms with E-state index < -0.39 is 0 Å². The molecule has 1 aliphatic rings. The van der Waals surface area contributed by atoms with E-state index >= 15 is 0 Å². The molecule has 0 saturated carbocycles. The fraction of sp³-hybridized carbons (Fsp3) is 0.200. The van der Waals surface area contributed by atoms with Gasteiger partial charge >= 0.3 is 0 Å². The van der Waals surface area contributed by atoms with Crippen LogP contribution in [0.4, 0.5) is 4.79 Å². The van der Waals surface area contributed by atoms with Crippen molar-refractivity contribution in [3.05, 3.63) is 46.9 Å². The maximum absolute atomic E-state index is 11.8. The molecule has 0 unspecified atom stereocenters. The van der Waals surface area contributed by atoms with Gasteiger partial charge in [0.15, 0.2) is 0 Å². The monoisotopic (exact) mass is 289 g/mol. The van der Waals surface area contributed by atoms with Crippen molar-refractivity contribution in [3.63, 3.8) is 0 Å². The summed E-state index contributed by atoms with van der Waals surface area (Å²) in [5.41, 5.74) is 0.997. The molecule has 104 valence electrons. The normalized spacial score (nSPS) is 17.5. The number of methoxy groups -OCH3 is 1. The number of amides is 2. The van der Waals surface area contributed by atoms with Gasteiger partial charge in [0.05, 0.1) is 12.0 Å². The zero-order valence-electron chi connectivity index (χ0n) is 11.3. The number of rotatable bonds is 4. The average Bonchev–Trinajstić information content (AvgIpc) is 2.74. The van der Waals surface area contributed by atoms with Gasteiger partial charge in [-0.15, -0.1) is 0 Å². The summed E-state index contributed by atoms with van der Waals surface area (Å²) >= 11 is 0.975. The van der Waals surface area contributed by atoms with Crippen molar-refractivity contribution in [2.24, 2.45) is 0 Å². The summed E-state index contributed by atoms with van der Waals surface area (Å²) < 4.78 is 5.08. The summed E-state index contributed by atoms with van der Waals surface area (Å²) in [6.45, 7) is 2.19. The largest absolute Gasteiger partial charge is 0.497 e. The van der Waals surface area contributed by atoms with Crippen molar-refractivity contribution < 1.29 is 14.3 Å².